The number of hydrogen-bond donors (Lipinski definition) is 4. The standard InChI is InChI=1S/C39H30N10O4S2/c1-3-33(50)42-28-17-10-12-25(20-28)34-32(23-41)38(54-39(34)49-46-27-15-8-5-9-16-27)48-47-35-24(2)31(22-40)36(45-37(35)43-26-13-6-4-7-14-26)44-29-18-11-19-30(21-29)55(51,52)53/h4-21H,3H2,1-2H3,(H,42,50)(H2,43,44,45)(H,51,52,53). The van der Waals surface area contributed by atoms with Gasteiger partial charge in [0.1, 0.15) is 28.4 Å². The minimum Gasteiger partial charge on any atom is -0.339 e. The van der Waals surface area contributed by atoms with Crippen molar-refractivity contribution >= 4 is 77.4 Å². The molecule has 16 heteroatoms. The Bertz CT molecular complexity index is 2650. The number of nitrogens with zero attached hydrogens (tertiary/aromatic N) is 7. The average molecular weight is 767 g/mol. The van der Waals surface area contributed by atoms with Crippen LogP contribution in [0.2, 0.25) is 0 Å². The van der Waals surface area contributed by atoms with Gasteiger partial charge in [0.05, 0.1) is 16.1 Å². The molecule has 0 atom stereocenters. The summed E-state index contributed by atoms with van der Waals surface area (Å²) in [6.07, 6.45) is 0.286. The molecule has 14 nitrogen and oxygen atoms in total. The van der Waals surface area contributed by atoms with E-state index in [9.17, 15) is 28.3 Å². The molecule has 0 saturated heterocycles. The molecule has 0 aliphatic heterocycles. The lowest BCUT2D eigenvalue weighted by atomic mass is 10.0. The van der Waals surface area contributed by atoms with E-state index in [1.165, 1.54) is 18.2 Å². The van der Waals surface area contributed by atoms with E-state index in [2.05, 4.69) is 53.5 Å². The smallest absolute Gasteiger partial charge is 0.294 e. The van der Waals surface area contributed by atoms with Crippen LogP contribution in [-0.2, 0) is 14.9 Å². The average Bonchev–Trinajstić information content (AvgIpc) is 3.55. The number of pyridine rings is 1. The minimum atomic E-state index is -4.50. The number of para-hydroxylation sites is 1. The summed E-state index contributed by atoms with van der Waals surface area (Å²) in [5, 5.41) is 48.4. The van der Waals surface area contributed by atoms with E-state index in [0.29, 0.717) is 38.8 Å². The van der Waals surface area contributed by atoms with Crippen molar-refractivity contribution in [1.82, 2.24) is 4.98 Å². The second kappa shape index (κ2) is 16.7. The number of nitriles is 2. The van der Waals surface area contributed by atoms with Crippen molar-refractivity contribution in [3.8, 4) is 23.3 Å². The zero-order valence-electron chi connectivity index (χ0n) is 29.2. The number of azo groups is 2. The summed E-state index contributed by atoms with van der Waals surface area (Å²) in [5.41, 5.74) is 3.85. The third kappa shape index (κ3) is 8.93. The first-order valence-electron chi connectivity index (χ1n) is 16.5. The molecule has 0 saturated carbocycles. The summed E-state index contributed by atoms with van der Waals surface area (Å²) in [5.74, 6) is 0.105. The monoisotopic (exact) mass is 766 g/mol. The van der Waals surface area contributed by atoms with Gasteiger partial charge in [-0.05, 0) is 67.1 Å². The number of rotatable bonds is 12. The van der Waals surface area contributed by atoms with Crippen LogP contribution in [0.1, 0.15) is 30.0 Å². The van der Waals surface area contributed by atoms with E-state index < -0.39 is 10.1 Å². The van der Waals surface area contributed by atoms with Crippen LogP contribution in [0.25, 0.3) is 11.1 Å². The SMILES string of the molecule is CCC(=O)Nc1cccc(-c2c(N=Nc3ccccc3)sc(N=Nc3c(Nc4ccccc4)nc(Nc4cccc(S(=O)(=O)O)c4)c(C#N)c3C)c2C#N)c1. The number of amides is 1. The highest BCUT2D eigenvalue weighted by Gasteiger charge is 2.23. The third-order valence-electron chi connectivity index (χ3n) is 7.95. The van der Waals surface area contributed by atoms with Gasteiger partial charge in [-0.1, -0.05) is 72.9 Å². The van der Waals surface area contributed by atoms with Gasteiger partial charge >= 0.3 is 0 Å². The van der Waals surface area contributed by atoms with Crippen LogP contribution in [0, 0.1) is 29.6 Å². The van der Waals surface area contributed by atoms with Crippen molar-refractivity contribution in [2.45, 2.75) is 25.2 Å². The van der Waals surface area contributed by atoms with Crippen LogP contribution in [0.15, 0.2) is 135 Å². The quantitative estimate of drug-likeness (QED) is 0.0686. The van der Waals surface area contributed by atoms with E-state index in [1.807, 2.05) is 36.4 Å². The van der Waals surface area contributed by atoms with Gasteiger partial charge in [0.25, 0.3) is 10.1 Å². The van der Waals surface area contributed by atoms with Crippen LogP contribution in [0.4, 0.5) is 50.1 Å². The van der Waals surface area contributed by atoms with Crippen LogP contribution in [0.5, 0.6) is 0 Å². The highest BCUT2D eigenvalue weighted by molar-refractivity contribution is 7.85. The molecule has 4 aromatic carbocycles. The molecule has 0 aliphatic rings. The summed E-state index contributed by atoms with van der Waals surface area (Å²) in [6, 6.07) is 35.0. The Kier molecular flexibility index (Phi) is 11.4. The first-order valence-corrected chi connectivity index (χ1v) is 18.8. The van der Waals surface area contributed by atoms with E-state index in [-0.39, 0.29) is 56.4 Å². The molecule has 2 heterocycles. The Hall–Kier alpha value is -7.11. The van der Waals surface area contributed by atoms with Crippen LogP contribution in [0.3, 0.4) is 0 Å². The number of benzene rings is 4. The van der Waals surface area contributed by atoms with Gasteiger partial charge in [0, 0.05) is 34.6 Å². The third-order valence-corrected chi connectivity index (χ3v) is 9.76. The molecule has 1 amide bonds. The molecule has 0 fully saturated rings. The zero-order chi connectivity index (χ0) is 39.0. The van der Waals surface area contributed by atoms with Crippen LogP contribution < -0.4 is 16.0 Å². The van der Waals surface area contributed by atoms with Crippen molar-refractivity contribution in [3.05, 3.63) is 126 Å². The van der Waals surface area contributed by atoms with Crippen molar-refractivity contribution < 1.29 is 17.8 Å². The van der Waals surface area contributed by atoms with Crippen molar-refractivity contribution in [1.29, 1.82) is 10.5 Å². The normalized spacial score (nSPS) is 11.3. The molecule has 2 aromatic heterocycles. The van der Waals surface area contributed by atoms with Gasteiger partial charge in [0.15, 0.2) is 16.6 Å². The summed E-state index contributed by atoms with van der Waals surface area (Å²) < 4.78 is 33.2. The second-order valence-corrected chi connectivity index (χ2v) is 14.1. The van der Waals surface area contributed by atoms with E-state index in [4.69, 9.17) is 0 Å². The predicted molar refractivity (Wildman–Crippen MR) is 211 cm³/mol. The topological polar surface area (TPSA) is 217 Å². The fourth-order valence-electron chi connectivity index (χ4n) is 5.28. The fourth-order valence-corrected chi connectivity index (χ4v) is 6.72. The number of aromatic nitrogens is 1. The Morgan fingerprint density at radius 1 is 0.764 bits per heavy atom. The number of nitrogens with one attached hydrogen (secondary N) is 3. The Labute approximate surface area is 320 Å². The molecule has 55 heavy (non-hydrogen) atoms. The number of hydrogen-bond acceptors (Lipinski definition) is 13. The Balaban J connectivity index is 1.49. The Morgan fingerprint density at radius 3 is 2.09 bits per heavy atom. The molecule has 0 bridgehead atoms. The maximum Gasteiger partial charge on any atom is 0.294 e. The maximum absolute atomic E-state index is 12.2. The van der Waals surface area contributed by atoms with Crippen LogP contribution in [-0.4, -0.2) is 23.9 Å². The molecule has 272 valence electrons. The first-order chi connectivity index (χ1) is 26.6. The highest BCUT2D eigenvalue weighted by Crippen LogP contribution is 2.49. The Morgan fingerprint density at radius 2 is 1.40 bits per heavy atom. The predicted octanol–water partition coefficient (Wildman–Crippen LogP) is 10.8. The molecule has 6 rings (SSSR count). The zero-order valence-corrected chi connectivity index (χ0v) is 30.9. The lowest BCUT2D eigenvalue weighted by Crippen LogP contribution is -2.09. The molecule has 0 radical (unpaired) electrons. The minimum absolute atomic E-state index is 0.0830. The molecule has 0 spiro atoms. The maximum atomic E-state index is 12.2. The molecule has 4 N–H and O–H groups in total. The van der Waals surface area contributed by atoms with Gasteiger partial charge in [-0.25, -0.2) is 4.98 Å². The van der Waals surface area contributed by atoms with Crippen molar-refractivity contribution in [2.24, 2.45) is 20.5 Å². The number of thiophene rings is 1. The lowest BCUT2D eigenvalue weighted by molar-refractivity contribution is -0.115. The second-order valence-electron chi connectivity index (χ2n) is 11.7. The summed E-state index contributed by atoms with van der Waals surface area (Å²) in [6.45, 7) is 3.41. The van der Waals surface area contributed by atoms with Crippen LogP contribution >= 0.6 is 11.3 Å². The van der Waals surface area contributed by atoms with Gasteiger partial charge in [0.2, 0.25) is 5.91 Å². The molecular formula is C39H30N10O4S2. The van der Waals surface area contributed by atoms with Crippen molar-refractivity contribution in [2.75, 3.05) is 16.0 Å². The highest BCUT2D eigenvalue weighted by atomic mass is 32.2. The molecular weight excluding hydrogens is 737 g/mol. The molecule has 0 unspecified atom stereocenters. The summed E-state index contributed by atoms with van der Waals surface area (Å²) >= 11 is 1.08. The lowest BCUT2D eigenvalue weighted by Gasteiger charge is -2.16. The van der Waals surface area contributed by atoms with Gasteiger partial charge in [-0.15, -0.1) is 20.5 Å². The number of anilines is 5. The fraction of sp³-hybridized carbons (Fsp3) is 0.0769. The van der Waals surface area contributed by atoms with Gasteiger partial charge < -0.3 is 16.0 Å². The first kappa shape index (κ1) is 37.6. The summed E-state index contributed by atoms with van der Waals surface area (Å²) in [4.78, 5) is 16.5. The number of carbonyl (C=O) groups is 1. The molecule has 6 aromatic rings. The van der Waals surface area contributed by atoms with Gasteiger partial charge in [-0.3, -0.25) is 9.35 Å². The summed E-state index contributed by atoms with van der Waals surface area (Å²) in [7, 11) is -4.50. The van der Waals surface area contributed by atoms with E-state index in [1.54, 1.807) is 68.4 Å². The van der Waals surface area contributed by atoms with E-state index in [0.717, 1.165) is 11.3 Å². The molecule has 0 aliphatic carbocycles. The number of carbonyl (C=O) groups excluding carboxylic acids is 1. The van der Waals surface area contributed by atoms with E-state index >= 15 is 0 Å². The largest absolute Gasteiger partial charge is 0.339 e. The van der Waals surface area contributed by atoms with Crippen molar-refractivity contribution in [3.63, 3.8) is 0 Å². The van der Waals surface area contributed by atoms with Gasteiger partial charge in [-0.2, -0.15) is 18.9 Å².